The summed E-state index contributed by atoms with van der Waals surface area (Å²) in [4.78, 5) is 41.5. The summed E-state index contributed by atoms with van der Waals surface area (Å²) in [5, 5.41) is 5.46. The average molecular weight is 556 g/mol. The highest BCUT2D eigenvalue weighted by atomic mass is 16.2. The number of benzene rings is 3. The van der Waals surface area contributed by atoms with E-state index in [0.717, 1.165) is 42.4 Å². The number of primary amides is 1. The summed E-state index contributed by atoms with van der Waals surface area (Å²) in [5.41, 5.74) is 9.08. The predicted octanol–water partition coefficient (Wildman–Crippen LogP) is 6.46. The highest BCUT2D eigenvalue weighted by molar-refractivity contribution is 5.91. The van der Waals surface area contributed by atoms with Crippen molar-refractivity contribution in [1.82, 2.24) is 10.2 Å². The predicted molar refractivity (Wildman–Crippen MR) is 166 cm³/mol. The van der Waals surface area contributed by atoms with Crippen molar-refractivity contribution in [3.05, 3.63) is 72.3 Å². The Kier molecular flexibility index (Phi) is 10.6. The highest BCUT2D eigenvalue weighted by Crippen LogP contribution is 2.28. The highest BCUT2D eigenvalue weighted by Gasteiger charge is 2.36. The first-order valence-corrected chi connectivity index (χ1v) is 15.2. The van der Waals surface area contributed by atoms with E-state index in [1.165, 1.54) is 10.8 Å². The fourth-order valence-corrected chi connectivity index (χ4v) is 6.04. The van der Waals surface area contributed by atoms with Crippen molar-refractivity contribution in [2.45, 2.75) is 78.3 Å². The number of fused-ring (bicyclic) bond motifs is 1. The molecule has 1 aliphatic rings. The van der Waals surface area contributed by atoms with E-state index in [9.17, 15) is 14.4 Å². The van der Waals surface area contributed by atoms with Crippen LogP contribution >= 0.6 is 0 Å². The molecule has 0 spiro atoms. The van der Waals surface area contributed by atoms with Gasteiger partial charge in [0, 0.05) is 24.9 Å². The van der Waals surface area contributed by atoms with E-state index in [1.807, 2.05) is 36.9 Å². The van der Waals surface area contributed by atoms with Crippen molar-refractivity contribution < 1.29 is 14.4 Å². The van der Waals surface area contributed by atoms with E-state index in [1.54, 1.807) is 0 Å². The van der Waals surface area contributed by atoms with Gasteiger partial charge in [-0.15, -0.1) is 0 Å². The van der Waals surface area contributed by atoms with Gasteiger partial charge in [-0.2, -0.15) is 0 Å². The van der Waals surface area contributed by atoms with E-state index < -0.39 is 23.8 Å². The minimum absolute atomic E-state index is 0.0561. The Hall–Kier alpha value is -3.67. The normalized spacial score (nSPS) is 17.3. The lowest BCUT2D eigenvalue weighted by molar-refractivity contribution is -0.139. The quantitative estimate of drug-likeness (QED) is 0.269. The Balaban J connectivity index is 1.49. The van der Waals surface area contributed by atoms with Crippen LogP contribution in [0.1, 0.15) is 71.3 Å². The lowest BCUT2D eigenvalue weighted by Crippen LogP contribution is -2.50. The van der Waals surface area contributed by atoms with E-state index in [4.69, 9.17) is 5.73 Å². The number of carbonyl (C=O) groups is 3. The third-order valence-corrected chi connectivity index (χ3v) is 8.26. The molecule has 0 aliphatic carbocycles. The van der Waals surface area contributed by atoms with Crippen LogP contribution in [0.25, 0.3) is 21.9 Å². The van der Waals surface area contributed by atoms with E-state index in [2.05, 4.69) is 60.8 Å². The topological polar surface area (TPSA) is 92.5 Å². The van der Waals surface area contributed by atoms with Gasteiger partial charge < -0.3 is 16.0 Å². The SMILES string of the molecule is CCCCC(C(N)=O)C(CC(C)C)C(=O)N[C@H]1CCCCN(Cc2cccc(-c3ccc4ccccc4c3)c2)C1=O. The molecule has 0 radical (unpaired) electrons. The fourth-order valence-electron chi connectivity index (χ4n) is 6.04. The van der Waals surface area contributed by atoms with Crippen LogP contribution in [-0.4, -0.2) is 35.2 Å². The molecule has 1 fully saturated rings. The van der Waals surface area contributed by atoms with E-state index in [-0.39, 0.29) is 17.7 Å². The molecule has 3 aromatic carbocycles. The van der Waals surface area contributed by atoms with Gasteiger partial charge in [-0.1, -0.05) is 88.2 Å². The molecule has 0 bridgehead atoms. The number of amides is 3. The lowest BCUT2D eigenvalue weighted by atomic mass is 9.81. The first-order valence-electron chi connectivity index (χ1n) is 15.2. The first-order chi connectivity index (χ1) is 19.8. The van der Waals surface area contributed by atoms with Crippen molar-refractivity contribution in [1.29, 1.82) is 0 Å². The number of likely N-dealkylation sites (tertiary alicyclic amines) is 1. The third kappa shape index (κ3) is 7.96. The lowest BCUT2D eigenvalue weighted by Gasteiger charge is -2.29. The second-order valence-corrected chi connectivity index (χ2v) is 12.0. The molecular formula is C35H45N3O3. The van der Waals surface area contributed by atoms with Crippen molar-refractivity contribution in [2.75, 3.05) is 6.54 Å². The maximum atomic E-state index is 13.7. The summed E-state index contributed by atoms with van der Waals surface area (Å²) in [6, 6.07) is 22.6. The van der Waals surface area contributed by atoms with Crippen LogP contribution in [-0.2, 0) is 20.9 Å². The zero-order valence-electron chi connectivity index (χ0n) is 24.8. The van der Waals surface area contributed by atoms with Crippen molar-refractivity contribution >= 4 is 28.5 Å². The van der Waals surface area contributed by atoms with Gasteiger partial charge in [0.2, 0.25) is 17.7 Å². The van der Waals surface area contributed by atoms with Gasteiger partial charge >= 0.3 is 0 Å². The van der Waals surface area contributed by atoms with Crippen LogP contribution in [0.5, 0.6) is 0 Å². The molecule has 1 aliphatic heterocycles. The second-order valence-electron chi connectivity index (χ2n) is 12.0. The van der Waals surface area contributed by atoms with Gasteiger partial charge in [-0.05, 0) is 77.6 Å². The maximum absolute atomic E-state index is 13.7. The van der Waals surface area contributed by atoms with Crippen LogP contribution in [0.15, 0.2) is 66.7 Å². The third-order valence-electron chi connectivity index (χ3n) is 8.26. The van der Waals surface area contributed by atoms with Crippen LogP contribution in [0.3, 0.4) is 0 Å². The molecule has 41 heavy (non-hydrogen) atoms. The molecule has 6 nitrogen and oxygen atoms in total. The van der Waals surface area contributed by atoms with Gasteiger partial charge in [-0.3, -0.25) is 14.4 Å². The van der Waals surface area contributed by atoms with Crippen LogP contribution in [0, 0.1) is 17.8 Å². The summed E-state index contributed by atoms with van der Waals surface area (Å²) in [6.45, 7) is 7.29. The molecular weight excluding hydrogens is 510 g/mol. The minimum atomic E-state index is -0.594. The van der Waals surface area contributed by atoms with Gasteiger partial charge in [0.05, 0.1) is 0 Å². The molecule has 3 amide bonds. The van der Waals surface area contributed by atoms with E-state index in [0.29, 0.717) is 32.4 Å². The Morgan fingerprint density at radius 1 is 0.951 bits per heavy atom. The minimum Gasteiger partial charge on any atom is -0.369 e. The monoisotopic (exact) mass is 555 g/mol. The molecule has 4 rings (SSSR count). The number of nitrogens with one attached hydrogen (secondary N) is 1. The summed E-state index contributed by atoms with van der Waals surface area (Å²) in [5.74, 6) is -1.53. The number of carbonyl (C=O) groups excluding carboxylic acids is 3. The van der Waals surface area contributed by atoms with Crippen molar-refractivity contribution in [3.63, 3.8) is 0 Å². The standard InChI is InChI=1S/C35H45N3O3/c1-4-5-15-30(33(36)39)31(20-24(2)3)34(40)37-32-16-8-9-19-38(35(32)41)23-25-11-10-14-27(21-25)29-18-17-26-12-6-7-13-28(26)22-29/h6-7,10-14,17-18,21-22,24,30-32H,4-5,8-9,15-16,19-20,23H2,1-3H3,(H2,36,39)(H,37,40)/t30?,31?,32-/m0/s1. The Labute approximate surface area is 244 Å². The molecule has 3 N–H and O–H groups in total. The maximum Gasteiger partial charge on any atom is 0.245 e. The van der Waals surface area contributed by atoms with Crippen LogP contribution < -0.4 is 11.1 Å². The summed E-state index contributed by atoms with van der Waals surface area (Å²) in [7, 11) is 0. The molecule has 218 valence electrons. The first kappa shape index (κ1) is 30.3. The Morgan fingerprint density at radius 3 is 2.44 bits per heavy atom. The molecule has 1 heterocycles. The number of nitrogens with zero attached hydrogens (tertiary/aromatic N) is 1. The molecule has 1 saturated heterocycles. The van der Waals surface area contributed by atoms with Gasteiger partial charge in [0.1, 0.15) is 6.04 Å². The van der Waals surface area contributed by atoms with Gasteiger partial charge in [0.25, 0.3) is 0 Å². The zero-order valence-corrected chi connectivity index (χ0v) is 24.8. The second kappa shape index (κ2) is 14.3. The van der Waals surface area contributed by atoms with Gasteiger partial charge in [0.15, 0.2) is 0 Å². The number of nitrogens with two attached hydrogens (primary N) is 1. The molecule has 0 aromatic heterocycles. The van der Waals surface area contributed by atoms with Crippen LogP contribution in [0.2, 0.25) is 0 Å². The number of rotatable bonds is 12. The molecule has 6 heteroatoms. The number of unbranched alkanes of at least 4 members (excludes halogenated alkanes) is 1. The summed E-state index contributed by atoms with van der Waals surface area (Å²) >= 11 is 0. The Morgan fingerprint density at radius 2 is 1.71 bits per heavy atom. The summed E-state index contributed by atoms with van der Waals surface area (Å²) in [6.07, 6.45) is 5.27. The summed E-state index contributed by atoms with van der Waals surface area (Å²) < 4.78 is 0. The molecule has 3 aromatic rings. The van der Waals surface area contributed by atoms with E-state index >= 15 is 0 Å². The fraction of sp³-hybridized carbons (Fsp3) is 0.457. The largest absolute Gasteiger partial charge is 0.369 e. The average Bonchev–Trinajstić information content (AvgIpc) is 3.12. The van der Waals surface area contributed by atoms with Crippen LogP contribution in [0.4, 0.5) is 0 Å². The molecule has 2 unspecified atom stereocenters. The zero-order chi connectivity index (χ0) is 29.4. The number of hydrogen-bond donors (Lipinski definition) is 2. The molecule has 0 saturated carbocycles. The van der Waals surface area contributed by atoms with Crippen molar-refractivity contribution in [2.24, 2.45) is 23.5 Å². The van der Waals surface area contributed by atoms with Crippen molar-refractivity contribution in [3.8, 4) is 11.1 Å². The number of hydrogen-bond acceptors (Lipinski definition) is 3. The Bertz CT molecular complexity index is 1350. The smallest absolute Gasteiger partial charge is 0.245 e. The van der Waals surface area contributed by atoms with Gasteiger partial charge in [-0.25, -0.2) is 0 Å². The molecule has 3 atom stereocenters.